The Balaban J connectivity index is 1.23. The van der Waals surface area contributed by atoms with Crippen LogP contribution in [0.4, 0.5) is 17.6 Å². The lowest BCUT2D eigenvalue weighted by Crippen LogP contribution is -2.59. The van der Waals surface area contributed by atoms with Crippen LogP contribution in [0.5, 0.6) is 0 Å². The van der Waals surface area contributed by atoms with Gasteiger partial charge in [0.1, 0.15) is 24.4 Å². The van der Waals surface area contributed by atoms with Crippen molar-refractivity contribution in [3.63, 3.8) is 0 Å². The number of imide groups is 1. The maximum Gasteiger partial charge on any atom is 0.259 e. The van der Waals surface area contributed by atoms with Crippen molar-refractivity contribution in [3.8, 4) is 0 Å². The second-order valence-electron chi connectivity index (χ2n) is 15.4. The number of amides is 2. The molecule has 5 heterocycles. The summed E-state index contributed by atoms with van der Waals surface area (Å²) in [6.07, 6.45) is -4.84. The Morgan fingerprint density at radius 3 is 1.57 bits per heavy atom. The Kier molecular flexibility index (Phi) is 8.64. The highest BCUT2D eigenvalue weighted by Crippen LogP contribution is 2.50. The Hall–Kier alpha value is -6.38. The first kappa shape index (κ1) is 36.7. The molecule has 5 unspecified atom stereocenters. The van der Waals surface area contributed by atoms with Crippen LogP contribution in [0.15, 0.2) is 115 Å². The van der Waals surface area contributed by atoms with Gasteiger partial charge in [0.25, 0.3) is 11.8 Å². The van der Waals surface area contributed by atoms with E-state index in [1.54, 1.807) is 9.13 Å². The molecule has 9 nitrogen and oxygen atoms in total. The summed E-state index contributed by atoms with van der Waals surface area (Å²) >= 11 is 0. The number of carbonyl (C=O) groups excluding carboxylic acids is 2. The summed E-state index contributed by atoms with van der Waals surface area (Å²) in [5.41, 5.74) is 3.30. The van der Waals surface area contributed by atoms with Crippen molar-refractivity contribution in [1.82, 2.24) is 14.5 Å². The quantitative estimate of drug-likeness (QED) is 0.116. The van der Waals surface area contributed by atoms with Crippen molar-refractivity contribution in [2.75, 3.05) is 0 Å². The predicted octanol–water partition coefficient (Wildman–Crippen LogP) is 9.01. The number of benzene rings is 6. The first-order valence-corrected chi connectivity index (χ1v) is 19.5. The SMILES string of the molecule is O=C1NC(=O)c2c1c1c3cc(F)c(F)cc3n3c1c1c2c2cc(F)c(F)cc2n1C1OC(C3)C(OCc2ccccc2)C(OCc2ccccc2)C1OCc1ccccc1. The highest BCUT2D eigenvalue weighted by molar-refractivity contribution is 6.39. The maximum atomic E-state index is 15.6. The molecule has 300 valence electrons. The number of hydrogen-bond acceptors (Lipinski definition) is 6. The van der Waals surface area contributed by atoms with Crippen molar-refractivity contribution in [2.24, 2.45) is 0 Å². The standard InChI is InChI=1S/C47H33F4N3O6/c48-29-16-27-33(18-31(29)50)53-20-35-42(57-21-24-10-4-1-5-11-24)43(58-22-25-12-6-2-7-13-25)44(59-23-26-14-8-3-9-15-26)47(60-35)54-34-19-32(51)30(49)17-28(34)37-39-38(45(55)52-46(39)56)36(27)40(53)41(37)54/h1-19,35,42-44,47H,20-23H2,(H,52,55,56). The fourth-order valence-corrected chi connectivity index (χ4v) is 9.32. The lowest BCUT2D eigenvalue weighted by molar-refractivity contribution is -0.284. The van der Waals surface area contributed by atoms with E-state index >= 15 is 17.6 Å². The fraction of sp³-hybridized carbons (Fsp3) is 0.191. The van der Waals surface area contributed by atoms with Gasteiger partial charge in [-0.15, -0.1) is 0 Å². The van der Waals surface area contributed by atoms with E-state index in [0.717, 1.165) is 41.0 Å². The Labute approximate surface area is 338 Å². The third-order valence-electron chi connectivity index (χ3n) is 11.9. The van der Waals surface area contributed by atoms with E-state index in [1.165, 1.54) is 0 Å². The number of aromatic nitrogens is 2. The molecule has 13 heteroatoms. The Morgan fingerprint density at radius 1 is 0.567 bits per heavy atom. The molecule has 0 radical (unpaired) electrons. The van der Waals surface area contributed by atoms with Crippen molar-refractivity contribution < 1.29 is 46.1 Å². The van der Waals surface area contributed by atoms with Crippen LogP contribution in [0.2, 0.25) is 0 Å². The third-order valence-corrected chi connectivity index (χ3v) is 11.9. The van der Waals surface area contributed by atoms with Gasteiger partial charge in [-0.05, 0) is 28.8 Å². The molecule has 2 amide bonds. The van der Waals surface area contributed by atoms with Crippen LogP contribution in [-0.2, 0) is 45.3 Å². The second kappa shape index (κ2) is 14.1. The van der Waals surface area contributed by atoms with Crippen LogP contribution in [0.25, 0.3) is 43.6 Å². The summed E-state index contributed by atoms with van der Waals surface area (Å²) in [5.74, 6) is -6.19. The molecule has 2 aromatic heterocycles. The Morgan fingerprint density at radius 2 is 1.02 bits per heavy atom. The third kappa shape index (κ3) is 5.68. The van der Waals surface area contributed by atoms with E-state index in [9.17, 15) is 9.59 Å². The molecule has 0 spiro atoms. The normalized spacial score (nSPS) is 21.0. The minimum Gasteiger partial charge on any atom is -0.368 e. The van der Waals surface area contributed by atoms with Gasteiger partial charge in [-0.3, -0.25) is 14.9 Å². The number of nitrogens with zero attached hydrogens (tertiary/aromatic N) is 2. The van der Waals surface area contributed by atoms with Crippen LogP contribution in [0.1, 0.15) is 43.6 Å². The predicted molar refractivity (Wildman–Crippen MR) is 213 cm³/mol. The monoisotopic (exact) mass is 811 g/mol. The van der Waals surface area contributed by atoms with Gasteiger partial charge in [0.2, 0.25) is 0 Å². The zero-order valence-corrected chi connectivity index (χ0v) is 31.5. The number of nitrogens with one attached hydrogen (secondary N) is 1. The highest BCUT2D eigenvalue weighted by atomic mass is 19.2. The van der Waals surface area contributed by atoms with Crippen LogP contribution in [0.3, 0.4) is 0 Å². The minimum atomic E-state index is -1.18. The van der Waals surface area contributed by atoms with Gasteiger partial charge >= 0.3 is 0 Å². The molecule has 1 saturated heterocycles. The molecular formula is C47H33F4N3O6. The van der Waals surface area contributed by atoms with E-state index in [-0.39, 0.29) is 75.6 Å². The molecule has 8 aromatic rings. The van der Waals surface area contributed by atoms with E-state index in [1.807, 2.05) is 91.0 Å². The van der Waals surface area contributed by atoms with Gasteiger partial charge in [0.15, 0.2) is 29.5 Å². The minimum absolute atomic E-state index is 0.0364. The molecule has 11 rings (SSSR count). The fourth-order valence-electron chi connectivity index (χ4n) is 9.32. The Bertz CT molecular complexity index is 3050. The molecule has 2 bridgehead atoms. The number of fused-ring (bicyclic) bond motifs is 12. The van der Waals surface area contributed by atoms with Gasteiger partial charge in [-0.25, -0.2) is 17.6 Å². The molecule has 60 heavy (non-hydrogen) atoms. The largest absolute Gasteiger partial charge is 0.368 e. The summed E-state index contributed by atoms with van der Waals surface area (Å²) < 4.78 is 93.0. The van der Waals surface area contributed by atoms with Crippen LogP contribution in [0, 0.1) is 23.3 Å². The number of rotatable bonds is 9. The van der Waals surface area contributed by atoms with Gasteiger partial charge in [0.05, 0.1) is 59.6 Å². The zero-order chi connectivity index (χ0) is 40.8. The lowest BCUT2D eigenvalue weighted by Gasteiger charge is -2.48. The first-order valence-electron chi connectivity index (χ1n) is 19.5. The topological polar surface area (TPSA) is 93.0 Å². The molecule has 3 aliphatic rings. The van der Waals surface area contributed by atoms with Gasteiger partial charge < -0.3 is 28.1 Å². The highest BCUT2D eigenvalue weighted by Gasteiger charge is 2.52. The average Bonchev–Trinajstić information content (AvgIpc) is 3.84. The summed E-state index contributed by atoms with van der Waals surface area (Å²) in [4.78, 5) is 27.7. The van der Waals surface area contributed by atoms with Gasteiger partial charge in [0, 0.05) is 33.7 Å². The first-order chi connectivity index (χ1) is 29.2. The van der Waals surface area contributed by atoms with Crippen LogP contribution in [-0.4, -0.2) is 45.4 Å². The van der Waals surface area contributed by atoms with Crippen LogP contribution < -0.4 is 5.32 Å². The summed E-state index contributed by atoms with van der Waals surface area (Å²) in [6.45, 7) is 0.330. The smallest absolute Gasteiger partial charge is 0.259 e. The van der Waals surface area contributed by atoms with Gasteiger partial charge in [-0.1, -0.05) is 91.0 Å². The average molecular weight is 812 g/mol. The van der Waals surface area contributed by atoms with E-state index in [4.69, 9.17) is 18.9 Å². The lowest BCUT2D eigenvalue weighted by atomic mass is 9.94. The van der Waals surface area contributed by atoms with Gasteiger partial charge in [-0.2, -0.15) is 0 Å². The summed E-state index contributed by atoms with van der Waals surface area (Å²) in [5, 5.41) is 2.97. The summed E-state index contributed by atoms with van der Waals surface area (Å²) in [7, 11) is 0. The molecule has 1 fully saturated rings. The van der Waals surface area contributed by atoms with Crippen molar-refractivity contribution in [3.05, 3.63) is 166 Å². The van der Waals surface area contributed by atoms with E-state index < -0.39 is 65.7 Å². The maximum absolute atomic E-state index is 15.6. The zero-order valence-electron chi connectivity index (χ0n) is 31.5. The molecule has 3 aliphatic heterocycles. The molecular weight excluding hydrogens is 779 g/mol. The van der Waals surface area contributed by atoms with Crippen LogP contribution >= 0.6 is 0 Å². The second-order valence-corrected chi connectivity index (χ2v) is 15.4. The van der Waals surface area contributed by atoms with E-state index in [0.29, 0.717) is 5.52 Å². The van der Waals surface area contributed by atoms with Crippen molar-refractivity contribution in [1.29, 1.82) is 0 Å². The molecule has 0 aliphatic carbocycles. The molecule has 5 atom stereocenters. The number of ether oxygens (including phenoxy) is 4. The molecule has 0 saturated carbocycles. The van der Waals surface area contributed by atoms with Crippen molar-refractivity contribution in [2.45, 2.75) is 57.0 Å². The molecule has 6 aromatic carbocycles. The molecule has 1 N–H and O–H groups in total. The van der Waals surface area contributed by atoms with Crippen molar-refractivity contribution >= 4 is 55.4 Å². The summed E-state index contributed by atoms with van der Waals surface area (Å²) in [6, 6.07) is 32.6. The van der Waals surface area contributed by atoms with E-state index in [2.05, 4.69) is 5.32 Å². The number of carbonyl (C=O) groups is 2. The number of halogens is 4. The number of hydrogen-bond donors (Lipinski definition) is 1.